The summed E-state index contributed by atoms with van der Waals surface area (Å²) in [6, 6.07) is 4.77. The van der Waals surface area contributed by atoms with Gasteiger partial charge in [-0.25, -0.2) is 0 Å². The van der Waals surface area contributed by atoms with Crippen molar-refractivity contribution in [1.82, 2.24) is 4.57 Å². The second-order valence-corrected chi connectivity index (χ2v) is 5.05. The van der Waals surface area contributed by atoms with E-state index in [2.05, 4.69) is 0 Å². The summed E-state index contributed by atoms with van der Waals surface area (Å²) in [4.78, 5) is 10.7. The highest BCUT2D eigenvalue weighted by molar-refractivity contribution is 6.31. The molecular formula is C14H15ClN2O2. The van der Waals surface area contributed by atoms with E-state index in [-0.39, 0.29) is 10.6 Å². The minimum atomic E-state index is -0.389. The Kier molecular flexibility index (Phi) is 3.62. The van der Waals surface area contributed by atoms with Gasteiger partial charge in [-0.05, 0) is 38.0 Å². The maximum absolute atomic E-state index is 11.1. The van der Waals surface area contributed by atoms with Crippen LogP contribution in [0.2, 0.25) is 5.02 Å². The molecule has 0 aliphatic rings. The van der Waals surface area contributed by atoms with Gasteiger partial charge in [0.25, 0.3) is 5.69 Å². The first-order valence-corrected chi connectivity index (χ1v) is 6.34. The van der Waals surface area contributed by atoms with Gasteiger partial charge in [-0.15, -0.1) is 0 Å². The number of halogens is 1. The van der Waals surface area contributed by atoms with Crippen LogP contribution in [0.4, 0.5) is 5.69 Å². The fourth-order valence-electron chi connectivity index (χ4n) is 2.14. The maximum atomic E-state index is 11.1. The zero-order valence-corrected chi connectivity index (χ0v) is 11.9. The standard InChI is InChI=1S/C14H15ClN2O2/c1-9-7-16(11(3)10(9)2)8-12-13(15)5-4-6-14(12)17(18)19/h4-7H,8H2,1-3H3. The topological polar surface area (TPSA) is 48.1 Å². The first-order chi connectivity index (χ1) is 8.91. The second kappa shape index (κ2) is 5.05. The van der Waals surface area contributed by atoms with Crippen LogP contribution in [-0.2, 0) is 6.54 Å². The number of hydrogen-bond donors (Lipinski definition) is 0. The lowest BCUT2D eigenvalue weighted by molar-refractivity contribution is -0.385. The van der Waals surface area contributed by atoms with Crippen molar-refractivity contribution < 1.29 is 4.92 Å². The number of rotatable bonds is 3. The fourth-order valence-corrected chi connectivity index (χ4v) is 2.37. The Balaban J connectivity index is 2.49. The van der Waals surface area contributed by atoms with Crippen molar-refractivity contribution >= 4 is 17.3 Å². The molecule has 0 radical (unpaired) electrons. The summed E-state index contributed by atoms with van der Waals surface area (Å²) < 4.78 is 2.00. The number of aryl methyl sites for hydroxylation is 1. The minimum Gasteiger partial charge on any atom is -0.346 e. The van der Waals surface area contributed by atoms with E-state index in [9.17, 15) is 10.1 Å². The number of nitro groups is 1. The Hall–Kier alpha value is -1.81. The molecule has 5 heteroatoms. The number of hydrogen-bond acceptors (Lipinski definition) is 2. The van der Waals surface area contributed by atoms with Gasteiger partial charge in [0, 0.05) is 18.0 Å². The van der Waals surface area contributed by atoms with Gasteiger partial charge in [0.1, 0.15) is 0 Å². The molecular weight excluding hydrogens is 264 g/mol. The molecule has 1 aromatic carbocycles. The van der Waals surface area contributed by atoms with Crippen LogP contribution in [0.3, 0.4) is 0 Å². The molecule has 0 saturated heterocycles. The highest BCUT2D eigenvalue weighted by atomic mass is 35.5. The number of nitrogens with zero attached hydrogens (tertiary/aromatic N) is 2. The summed E-state index contributed by atoms with van der Waals surface area (Å²) >= 11 is 6.10. The first-order valence-electron chi connectivity index (χ1n) is 5.96. The fraction of sp³-hybridized carbons (Fsp3) is 0.286. The normalized spacial score (nSPS) is 10.7. The lowest BCUT2D eigenvalue weighted by atomic mass is 10.1. The van der Waals surface area contributed by atoms with Crippen LogP contribution in [0.15, 0.2) is 24.4 Å². The third-order valence-electron chi connectivity index (χ3n) is 3.53. The smallest absolute Gasteiger partial charge is 0.275 e. The molecule has 0 aliphatic heterocycles. The molecule has 1 aromatic heterocycles. The molecule has 4 nitrogen and oxygen atoms in total. The highest BCUT2D eigenvalue weighted by Gasteiger charge is 2.18. The van der Waals surface area contributed by atoms with Gasteiger partial charge < -0.3 is 4.57 Å². The van der Waals surface area contributed by atoms with Crippen LogP contribution in [0, 0.1) is 30.9 Å². The third-order valence-corrected chi connectivity index (χ3v) is 3.89. The van der Waals surface area contributed by atoms with Crippen LogP contribution < -0.4 is 0 Å². The van der Waals surface area contributed by atoms with Crippen molar-refractivity contribution in [3.8, 4) is 0 Å². The lowest BCUT2D eigenvalue weighted by Crippen LogP contribution is -2.04. The molecule has 1 heterocycles. The predicted octanol–water partition coefficient (Wildman–Crippen LogP) is 4.02. The Morgan fingerprint density at radius 1 is 1.32 bits per heavy atom. The van der Waals surface area contributed by atoms with Crippen molar-refractivity contribution in [3.05, 3.63) is 61.9 Å². The van der Waals surface area contributed by atoms with Crippen molar-refractivity contribution in [2.45, 2.75) is 27.3 Å². The molecule has 0 N–H and O–H groups in total. The Labute approximate surface area is 116 Å². The molecule has 0 saturated carbocycles. The van der Waals surface area contributed by atoms with E-state index in [0.717, 1.165) is 5.69 Å². The zero-order chi connectivity index (χ0) is 14.2. The Morgan fingerprint density at radius 2 is 2.00 bits per heavy atom. The molecule has 0 aliphatic carbocycles. The summed E-state index contributed by atoms with van der Waals surface area (Å²) in [6.07, 6.45) is 2.00. The molecule has 2 aromatic rings. The molecule has 0 unspecified atom stereocenters. The second-order valence-electron chi connectivity index (χ2n) is 4.65. The van der Waals surface area contributed by atoms with Crippen LogP contribution >= 0.6 is 11.6 Å². The van der Waals surface area contributed by atoms with Gasteiger partial charge in [-0.3, -0.25) is 10.1 Å². The van der Waals surface area contributed by atoms with Gasteiger partial charge in [-0.1, -0.05) is 17.7 Å². The highest BCUT2D eigenvalue weighted by Crippen LogP contribution is 2.28. The van der Waals surface area contributed by atoms with E-state index in [4.69, 9.17) is 11.6 Å². The minimum absolute atomic E-state index is 0.0657. The van der Waals surface area contributed by atoms with Crippen LogP contribution in [0.1, 0.15) is 22.4 Å². The SMILES string of the molecule is Cc1cn(Cc2c(Cl)cccc2[N+](=O)[O-])c(C)c1C. The maximum Gasteiger partial charge on any atom is 0.275 e. The Bertz CT molecular complexity index is 647. The summed E-state index contributed by atoms with van der Waals surface area (Å²) in [7, 11) is 0. The van der Waals surface area contributed by atoms with Gasteiger partial charge >= 0.3 is 0 Å². The van der Waals surface area contributed by atoms with Crippen molar-refractivity contribution in [3.63, 3.8) is 0 Å². The molecule has 0 spiro atoms. The first kappa shape index (κ1) is 13.6. The average molecular weight is 279 g/mol. The quantitative estimate of drug-likeness (QED) is 0.629. The zero-order valence-electron chi connectivity index (χ0n) is 11.1. The molecule has 2 rings (SSSR count). The van der Waals surface area contributed by atoms with Crippen molar-refractivity contribution in [1.29, 1.82) is 0 Å². The lowest BCUT2D eigenvalue weighted by Gasteiger charge is -2.09. The molecule has 0 amide bonds. The Morgan fingerprint density at radius 3 is 2.53 bits per heavy atom. The van der Waals surface area contributed by atoms with Crippen molar-refractivity contribution in [2.24, 2.45) is 0 Å². The van der Waals surface area contributed by atoms with Crippen LogP contribution in [-0.4, -0.2) is 9.49 Å². The molecule has 19 heavy (non-hydrogen) atoms. The average Bonchev–Trinajstić information content (AvgIpc) is 2.59. The molecule has 100 valence electrons. The van der Waals surface area contributed by atoms with E-state index in [1.54, 1.807) is 12.1 Å². The third kappa shape index (κ3) is 2.49. The summed E-state index contributed by atoms with van der Waals surface area (Å²) in [5.41, 5.74) is 4.09. The predicted molar refractivity (Wildman–Crippen MR) is 75.9 cm³/mol. The van der Waals surface area contributed by atoms with Crippen LogP contribution in [0.5, 0.6) is 0 Å². The van der Waals surface area contributed by atoms with Gasteiger partial charge in [0.05, 0.1) is 22.1 Å². The van der Waals surface area contributed by atoms with Gasteiger partial charge in [-0.2, -0.15) is 0 Å². The molecule has 0 bridgehead atoms. The van der Waals surface area contributed by atoms with Gasteiger partial charge in [0.2, 0.25) is 0 Å². The summed E-state index contributed by atoms with van der Waals surface area (Å²) in [5, 5.41) is 11.5. The van der Waals surface area contributed by atoms with E-state index in [0.29, 0.717) is 17.1 Å². The largest absolute Gasteiger partial charge is 0.346 e. The number of benzene rings is 1. The molecule has 0 atom stereocenters. The van der Waals surface area contributed by atoms with Crippen LogP contribution in [0.25, 0.3) is 0 Å². The van der Waals surface area contributed by atoms with Gasteiger partial charge in [0.15, 0.2) is 0 Å². The van der Waals surface area contributed by atoms with E-state index in [1.807, 2.05) is 31.5 Å². The number of nitro benzene ring substituents is 1. The summed E-state index contributed by atoms with van der Waals surface area (Å²) in [6.45, 7) is 6.49. The van der Waals surface area contributed by atoms with E-state index >= 15 is 0 Å². The monoisotopic (exact) mass is 278 g/mol. The number of aromatic nitrogens is 1. The van der Waals surface area contributed by atoms with Crippen molar-refractivity contribution in [2.75, 3.05) is 0 Å². The summed E-state index contributed by atoms with van der Waals surface area (Å²) in [5.74, 6) is 0. The van der Waals surface area contributed by atoms with E-state index < -0.39 is 0 Å². The molecule has 0 fully saturated rings. The van der Waals surface area contributed by atoms with E-state index in [1.165, 1.54) is 17.2 Å².